The zero-order valence-corrected chi connectivity index (χ0v) is 17.2. The third-order valence-electron chi connectivity index (χ3n) is 5.25. The normalized spacial score (nSPS) is 24.5. The maximum atomic E-state index is 13.1. The van der Waals surface area contributed by atoms with Gasteiger partial charge in [-0.25, -0.2) is 18.2 Å². The fourth-order valence-electron chi connectivity index (χ4n) is 3.84. The molecule has 0 aliphatic carbocycles. The van der Waals surface area contributed by atoms with Crippen molar-refractivity contribution in [1.29, 1.82) is 0 Å². The van der Waals surface area contributed by atoms with Crippen LogP contribution in [-0.4, -0.2) is 61.8 Å². The first-order valence-electron chi connectivity index (χ1n) is 9.83. The summed E-state index contributed by atoms with van der Waals surface area (Å²) in [7, 11) is -3.69. The van der Waals surface area contributed by atoms with Gasteiger partial charge in [0.2, 0.25) is 15.9 Å². The molecule has 0 bridgehead atoms. The van der Waals surface area contributed by atoms with E-state index >= 15 is 0 Å². The molecule has 0 aromatic heterocycles. The van der Waals surface area contributed by atoms with Gasteiger partial charge in [0.05, 0.1) is 4.90 Å². The molecular weight excluding hydrogens is 383 g/mol. The average molecular weight is 413 g/mol. The number of sulfonamides is 1. The molecule has 2 unspecified atom stereocenters. The maximum Gasteiger partial charge on any atom is 0.243 e. The Morgan fingerprint density at radius 2 is 1.86 bits per heavy atom. The summed E-state index contributed by atoms with van der Waals surface area (Å²) in [6.45, 7) is 5.77. The minimum absolute atomic E-state index is 0.0137. The Hall–Kier alpha value is -1.55. The quantitative estimate of drug-likeness (QED) is 0.763. The van der Waals surface area contributed by atoms with Crippen LogP contribution in [-0.2, 0) is 14.8 Å². The second kappa shape index (κ2) is 8.86. The number of hydrogen-bond acceptors (Lipinski definition) is 5. The predicted octanol–water partition coefficient (Wildman–Crippen LogP) is 1.33. The molecule has 2 N–H and O–H groups in total. The van der Waals surface area contributed by atoms with Crippen LogP contribution in [0, 0.1) is 11.7 Å². The van der Waals surface area contributed by atoms with Crippen LogP contribution in [0.1, 0.15) is 33.1 Å². The number of hydrogen-bond donors (Lipinski definition) is 2. The Balaban J connectivity index is 1.60. The molecule has 2 atom stereocenters. The lowest BCUT2D eigenvalue weighted by atomic mass is 9.99. The smallest absolute Gasteiger partial charge is 0.243 e. The number of hydrazine groups is 1. The number of halogens is 1. The summed E-state index contributed by atoms with van der Waals surface area (Å²) < 4.78 is 40.1. The predicted molar refractivity (Wildman–Crippen MR) is 104 cm³/mol. The van der Waals surface area contributed by atoms with Gasteiger partial charge in [0, 0.05) is 32.2 Å². The molecule has 0 radical (unpaired) electrons. The Labute approximate surface area is 166 Å². The van der Waals surface area contributed by atoms with Gasteiger partial charge >= 0.3 is 0 Å². The van der Waals surface area contributed by atoms with E-state index in [4.69, 9.17) is 0 Å². The summed E-state index contributed by atoms with van der Waals surface area (Å²) in [4.78, 5) is 14.7. The minimum atomic E-state index is -3.69. The van der Waals surface area contributed by atoms with Gasteiger partial charge in [0.15, 0.2) is 0 Å². The van der Waals surface area contributed by atoms with Crippen LogP contribution in [0.5, 0.6) is 0 Å². The minimum Gasteiger partial charge on any atom is -0.340 e. The SMILES string of the molecule is CC(C)CC1CC(C(=O)N2CCCN(S(=O)(=O)c3ccc(F)cc3)CC2)NN1. The van der Waals surface area contributed by atoms with Gasteiger partial charge in [-0.3, -0.25) is 10.2 Å². The van der Waals surface area contributed by atoms with Crippen molar-refractivity contribution in [1.82, 2.24) is 20.1 Å². The molecule has 2 aliphatic rings. The van der Waals surface area contributed by atoms with E-state index in [9.17, 15) is 17.6 Å². The van der Waals surface area contributed by atoms with E-state index in [2.05, 4.69) is 24.7 Å². The molecule has 1 aromatic carbocycles. The third-order valence-corrected chi connectivity index (χ3v) is 7.17. The van der Waals surface area contributed by atoms with Gasteiger partial charge in [0.1, 0.15) is 11.9 Å². The van der Waals surface area contributed by atoms with E-state index in [1.807, 2.05) is 0 Å². The first kappa shape index (κ1) is 21.2. The molecule has 2 saturated heterocycles. The lowest BCUT2D eigenvalue weighted by molar-refractivity contribution is -0.133. The highest BCUT2D eigenvalue weighted by molar-refractivity contribution is 7.89. The van der Waals surface area contributed by atoms with Crippen molar-refractivity contribution in [3.8, 4) is 0 Å². The molecule has 156 valence electrons. The van der Waals surface area contributed by atoms with Crippen molar-refractivity contribution in [3.63, 3.8) is 0 Å². The standard InChI is InChI=1S/C19H29FN4O3S/c1-14(2)12-16-13-18(22-21-16)19(25)23-8-3-9-24(11-10-23)28(26,27)17-6-4-15(20)5-7-17/h4-7,14,16,18,21-22H,3,8-13H2,1-2H3. The Kier molecular flexibility index (Phi) is 6.69. The van der Waals surface area contributed by atoms with Gasteiger partial charge in [-0.2, -0.15) is 4.31 Å². The van der Waals surface area contributed by atoms with Gasteiger partial charge < -0.3 is 4.90 Å². The van der Waals surface area contributed by atoms with E-state index < -0.39 is 15.8 Å². The van der Waals surface area contributed by atoms with E-state index in [-0.39, 0.29) is 29.4 Å². The van der Waals surface area contributed by atoms with Crippen molar-refractivity contribution in [3.05, 3.63) is 30.1 Å². The molecule has 1 amide bonds. The largest absolute Gasteiger partial charge is 0.340 e. The summed E-state index contributed by atoms with van der Waals surface area (Å²) >= 11 is 0. The molecule has 9 heteroatoms. The number of benzene rings is 1. The zero-order chi connectivity index (χ0) is 20.3. The average Bonchev–Trinajstić information content (AvgIpc) is 2.95. The summed E-state index contributed by atoms with van der Waals surface area (Å²) in [6, 6.07) is 4.85. The van der Waals surface area contributed by atoms with Crippen LogP contribution in [0.15, 0.2) is 29.2 Å². The van der Waals surface area contributed by atoms with E-state index in [1.165, 1.54) is 16.4 Å². The van der Waals surface area contributed by atoms with Crippen molar-refractivity contribution in [2.45, 2.75) is 50.1 Å². The summed E-state index contributed by atoms with van der Waals surface area (Å²) in [5.41, 5.74) is 6.29. The number of rotatable bonds is 5. The molecule has 1 aromatic rings. The maximum absolute atomic E-state index is 13.1. The fourth-order valence-corrected chi connectivity index (χ4v) is 5.31. The third kappa shape index (κ3) is 4.89. The molecule has 0 saturated carbocycles. The second-order valence-corrected chi connectivity index (χ2v) is 9.88. The van der Waals surface area contributed by atoms with Gasteiger partial charge in [-0.05, 0) is 49.4 Å². The first-order valence-corrected chi connectivity index (χ1v) is 11.3. The van der Waals surface area contributed by atoms with E-state index in [0.29, 0.717) is 32.0 Å². The lowest BCUT2D eigenvalue weighted by Crippen LogP contribution is -2.47. The molecule has 0 spiro atoms. The number of nitrogens with one attached hydrogen (secondary N) is 2. The summed E-state index contributed by atoms with van der Waals surface area (Å²) in [5, 5.41) is 0. The fraction of sp³-hybridized carbons (Fsp3) is 0.632. The highest BCUT2D eigenvalue weighted by atomic mass is 32.2. The molecule has 2 aliphatic heterocycles. The van der Waals surface area contributed by atoms with Gasteiger partial charge in [-0.15, -0.1) is 0 Å². The highest BCUT2D eigenvalue weighted by Gasteiger charge is 2.34. The summed E-state index contributed by atoms with van der Waals surface area (Å²) in [6.07, 6.45) is 2.31. The second-order valence-electron chi connectivity index (χ2n) is 7.94. The van der Waals surface area contributed by atoms with Crippen molar-refractivity contribution >= 4 is 15.9 Å². The Morgan fingerprint density at radius 3 is 2.54 bits per heavy atom. The van der Waals surface area contributed by atoms with E-state index in [1.54, 1.807) is 4.90 Å². The number of amides is 1. The van der Waals surface area contributed by atoms with Crippen LogP contribution in [0.4, 0.5) is 4.39 Å². The van der Waals surface area contributed by atoms with Crippen LogP contribution in [0.25, 0.3) is 0 Å². The topological polar surface area (TPSA) is 81.8 Å². The van der Waals surface area contributed by atoms with Gasteiger partial charge in [-0.1, -0.05) is 13.8 Å². The van der Waals surface area contributed by atoms with Crippen molar-refractivity contribution in [2.24, 2.45) is 5.92 Å². The Morgan fingerprint density at radius 1 is 1.14 bits per heavy atom. The van der Waals surface area contributed by atoms with Crippen LogP contribution < -0.4 is 10.9 Å². The van der Waals surface area contributed by atoms with E-state index in [0.717, 1.165) is 25.0 Å². The molecular formula is C19H29FN4O3S. The van der Waals surface area contributed by atoms with Crippen LogP contribution >= 0.6 is 0 Å². The summed E-state index contributed by atoms with van der Waals surface area (Å²) in [5.74, 6) is 0.0939. The number of nitrogens with zero attached hydrogens (tertiary/aromatic N) is 2. The zero-order valence-electron chi connectivity index (χ0n) is 16.4. The lowest BCUT2D eigenvalue weighted by Gasteiger charge is -2.24. The number of carbonyl (C=O) groups excluding carboxylic acids is 1. The molecule has 7 nitrogen and oxygen atoms in total. The van der Waals surface area contributed by atoms with Crippen molar-refractivity contribution in [2.75, 3.05) is 26.2 Å². The van der Waals surface area contributed by atoms with Crippen molar-refractivity contribution < 1.29 is 17.6 Å². The first-order chi connectivity index (χ1) is 13.3. The Bertz CT molecular complexity index is 785. The molecule has 2 heterocycles. The molecule has 28 heavy (non-hydrogen) atoms. The van der Waals surface area contributed by atoms with Gasteiger partial charge in [0.25, 0.3) is 0 Å². The molecule has 2 fully saturated rings. The highest BCUT2D eigenvalue weighted by Crippen LogP contribution is 2.20. The van der Waals surface area contributed by atoms with Crippen LogP contribution in [0.2, 0.25) is 0 Å². The monoisotopic (exact) mass is 412 g/mol. The van der Waals surface area contributed by atoms with Crippen LogP contribution in [0.3, 0.4) is 0 Å². The molecule has 3 rings (SSSR count). The number of carbonyl (C=O) groups is 1.